The van der Waals surface area contributed by atoms with Gasteiger partial charge in [-0.15, -0.1) is 0 Å². The van der Waals surface area contributed by atoms with Crippen LogP contribution in [0.4, 0.5) is 16.2 Å². The lowest BCUT2D eigenvalue weighted by Crippen LogP contribution is -2.44. The number of fused-ring (bicyclic) bond motifs is 2. The smallest absolute Gasteiger partial charge is 0.324 e. The molecule has 152 valence electrons. The van der Waals surface area contributed by atoms with Crippen molar-refractivity contribution < 1.29 is 4.79 Å². The summed E-state index contributed by atoms with van der Waals surface area (Å²) in [6.45, 7) is 4.05. The van der Waals surface area contributed by atoms with Crippen molar-refractivity contribution in [2.24, 2.45) is 0 Å². The van der Waals surface area contributed by atoms with Gasteiger partial charge in [-0.05, 0) is 74.9 Å². The van der Waals surface area contributed by atoms with Gasteiger partial charge in [0.2, 0.25) is 0 Å². The molecular weight excluding hydrogens is 358 g/mol. The Bertz CT molecular complexity index is 868. The van der Waals surface area contributed by atoms with Gasteiger partial charge in [-0.3, -0.25) is 9.80 Å². The second-order valence-electron chi connectivity index (χ2n) is 8.67. The van der Waals surface area contributed by atoms with Crippen molar-refractivity contribution in [1.29, 1.82) is 0 Å². The molecule has 0 unspecified atom stereocenters. The lowest BCUT2D eigenvalue weighted by Gasteiger charge is -2.36. The first-order valence-corrected chi connectivity index (χ1v) is 11.3. The van der Waals surface area contributed by atoms with Crippen molar-refractivity contribution >= 4 is 17.4 Å². The lowest BCUT2D eigenvalue weighted by molar-refractivity contribution is 0.163. The van der Waals surface area contributed by atoms with Crippen molar-refractivity contribution in [3.05, 3.63) is 59.7 Å². The van der Waals surface area contributed by atoms with Crippen LogP contribution < -0.4 is 4.90 Å². The topological polar surface area (TPSA) is 26.8 Å². The maximum atomic E-state index is 13.8. The monoisotopic (exact) mass is 389 g/mol. The van der Waals surface area contributed by atoms with Crippen molar-refractivity contribution in [3.63, 3.8) is 0 Å². The third-order valence-corrected chi connectivity index (χ3v) is 6.83. The molecule has 2 saturated heterocycles. The number of amides is 2. The molecule has 3 heterocycles. The molecule has 0 radical (unpaired) electrons. The van der Waals surface area contributed by atoms with Crippen LogP contribution in [-0.2, 0) is 6.42 Å². The average Bonchev–Trinajstić information content (AvgIpc) is 2.94. The van der Waals surface area contributed by atoms with Gasteiger partial charge in [-0.1, -0.05) is 42.8 Å². The minimum atomic E-state index is 0.142. The molecule has 0 saturated carbocycles. The van der Waals surface area contributed by atoms with E-state index in [0.717, 1.165) is 56.8 Å². The number of urea groups is 1. The van der Waals surface area contributed by atoms with Crippen LogP contribution in [0.15, 0.2) is 48.5 Å². The number of para-hydroxylation sites is 2. The van der Waals surface area contributed by atoms with E-state index in [-0.39, 0.29) is 6.03 Å². The van der Waals surface area contributed by atoms with E-state index < -0.39 is 0 Å². The summed E-state index contributed by atoms with van der Waals surface area (Å²) in [6, 6.07) is 17.6. The molecule has 2 aromatic carbocycles. The first-order valence-electron chi connectivity index (χ1n) is 11.3. The minimum absolute atomic E-state index is 0.142. The van der Waals surface area contributed by atoms with Gasteiger partial charge in [0, 0.05) is 19.1 Å². The standard InChI is InChI=1S/C25H31N3O/c29-25(27-17-9-2-10-18-27)28-22-13-5-3-11-20(22)19-24(26-15-7-1-8-16-26)21-12-4-6-14-23(21)28/h3-6,11-14,24H,1-2,7-10,15-19H2/t24-/m0/s1. The van der Waals surface area contributed by atoms with Gasteiger partial charge in [0.25, 0.3) is 0 Å². The van der Waals surface area contributed by atoms with E-state index in [0.29, 0.717) is 6.04 Å². The van der Waals surface area contributed by atoms with Gasteiger partial charge in [0.15, 0.2) is 0 Å². The number of nitrogens with zero attached hydrogens (tertiary/aromatic N) is 3. The molecule has 1 atom stereocenters. The molecule has 0 aliphatic carbocycles. The molecule has 2 amide bonds. The summed E-state index contributed by atoms with van der Waals surface area (Å²) in [6.07, 6.45) is 8.30. The molecule has 0 aromatic heterocycles. The molecule has 2 fully saturated rings. The van der Waals surface area contributed by atoms with Crippen molar-refractivity contribution in [3.8, 4) is 0 Å². The number of likely N-dealkylation sites (tertiary alicyclic amines) is 2. The molecule has 5 rings (SSSR count). The predicted octanol–water partition coefficient (Wildman–Crippen LogP) is 5.51. The number of carbonyl (C=O) groups excluding carboxylic acids is 1. The number of hydrogen-bond donors (Lipinski definition) is 0. The zero-order valence-corrected chi connectivity index (χ0v) is 17.2. The number of benzene rings is 2. The SMILES string of the molecule is O=C(N1CCCCC1)N1c2ccccc2C[C@H](N2CCCCC2)c2ccccc21. The number of rotatable bonds is 1. The second kappa shape index (κ2) is 8.19. The van der Waals surface area contributed by atoms with Gasteiger partial charge in [0.1, 0.15) is 0 Å². The van der Waals surface area contributed by atoms with E-state index in [1.807, 2.05) is 4.90 Å². The van der Waals surface area contributed by atoms with E-state index in [1.54, 1.807) is 0 Å². The van der Waals surface area contributed by atoms with Crippen LogP contribution in [0.3, 0.4) is 0 Å². The van der Waals surface area contributed by atoms with E-state index >= 15 is 0 Å². The lowest BCUT2D eigenvalue weighted by atomic mass is 9.95. The van der Waals surface area contributed by atoms with Gasteiger partial charge >= 0.3 is 6.03 Å². The molecule has 2 aromatic rings. The first-order chi connectivity index (χ1) is 14.3. The Morgan fingerprint density at radius 3 is 2.10 bits per heavy atom. The summed E-state index contributed by atoms with van der Waals surface area (Å²) in [7, 11) is 0. The van der Waals surface area contributed by atoms with E-state index in [4.69, 9.17) is 0 Å². The molecule has 0 bridgehead atoms. The summed E-state index contributed by atoms with van der Waals surface area (Å²) in [5.74, 6) is 0. The maximum absolute atomic E-state index is 13.8. The van der Waals surface area contributed by atoms with E-state index in [1.165, 1.54) is 36.8 Å². The summed E-state index contributed by atoms with van der Waals surface area (Å²) in [5, 5.41) is 0. The zero-order valence-electron chi connectivity index (χ0n) is 17.2. The largest absolute Gasteiger partial charge is 0.329 e. The minimum Gasteiger partial charge on any atom is -0.324 e. The van der Waals surface area contributed by atoms with Crippen LogP contribution in [0.5, 0.6) is 0 Å². The van der Waals surface area contributed by atoms with Crippen LogP contribution in [0.2, 0.25) is 0 Å². The fraction of sp³-hybridized carbons (Fsp3) is 0.480. The molecule has 4 nitrogen and oxygen atoms in total. The van der Waals surface area contributed by atoms with Crippen LogP contribution in [0.25, 0.3) is 0 Å². The number of anilines is 2. The van der Waals surface area contributed by atoms with Gasteiger partial charge in [-0.2, -0.15) is 0 Å². The van der Waals surface area contributed by atoms with E-state index in [2.05, 4.69) is 58.3 Å². The normalized spacial score (nSPS) is 22.6. The predicted molar refractivity (Wildman–Crippen MR) is 118 cm³/mol. The van der Waals surface area contributed by atoms with Gasteiger partial charge < -0.3 is 4.90 Å². The Morgan fingerprint density at radius 1 is 0.724 bits per heavy atom. The summed E-state index contributed by atoms with van der Waals surface area (Å²) >= 11 is 0. The highest BCUT2D eigenvalue weighted by atomic mass is 16.2. The highest BCUT2D eigenvalue weighted by molar-refractivity contribution is 6.01. The number of carbonyl (C=O) groups is 1. The summed E-state index contributed by atoms with van der Waals surface area (Å²) < 4.78 is 0. The Labute approximate surface area is 174 Å². The Hall–Kier alpha value is -2.33. The Balaban J connectivity index is 1.61. The Morgan fingerprint density at radius 2 is 1.34 bits per heavy atom. The van der Waals surface area contributed by atoms with Crippen molar-refractivity contribution in [2.45, 2.75) is 51.0 Å². The van der Waals surface area contributed by atoms with Gasteiger partial charge in [0.05, 0.1) is 11.4 Å². The van der Waals surface area contributed by atoms with Crippen molar-refractivity contribution in [2.75, 3.05) is 31.1 Å². The van der Waals surface area contributed by atoms with Crippen molar-refractivity contribution in [1.82, 2.24) is 9.80 Å². The molecule has 0 spiro atoms. The summed E-state index contributed by atoms with van der Waals surface area (Å²) in [5.41, 5.74) is 4.72. The van der Waals surface area contributed by atoms with Crippen LogP contribution in [0.1, 0.15) is 55.7 Å². The molecule has 3 aliphatic rings. The highest BCUT2D eigenvalue weighted by Gasteiger charge is 2.35. The summed E-state index contributed by atoms with van der Waals surface area (Å²) in [4.78, 5) is 20.5. The van der Waals surface area contributed by atoms with Crippen LogP contribution in [-0.4, -0.2) is 42.0 Å². The average molecular weight is 390 g/mol. The third-order valence-electron chi connectivity index (χ3n) is 6.83. The van der Waals surface area contributed by atoms with Crippen LogP contribution in [0, 0.1) is 0 Å². The molecule has 0 N–H and O–H groups in total. The van der Waals surface area contributed by atoms with E-state index in [9.17, 15) is 4.79 Å². The fourth-order valence-corrected chi connectivity index (χ4v) is 5.31. The van der Waals surface area contributed by atoms with Crippen LogP contribution >= 0.6 is 0 Å². The number of piperidine rings is 2. The zero-order chi connectivity index (χ0) is 19.6. The molecular formula is C25H31N3O. The quantitative estimate of drug-likeness (QED) is 0.643. The first kappa shape index (κ1) is 18.7. The maximum Gasteiger partial charge on any atom is 0.329 e. The fourth-order valence-electron chi connectivity index (χ4n) is 5.31. The highest BCUT2D eigenvalue weighted by Crippen LogP contribution is 2.43. The second-order valence-corrected chi connectivity index (χ2v) is 8.67. The Kier molecular flexibility index (Phi) is 5.28. The third kappa shape index (κ3) is 3.55. The molecule has 4 heteroatoms. The molecule has 29 heavy (non-hydrogen) atoms. The number of hydrogen-bond acceptors (Lipinski definition) is 2. The van der Waals surface area contributed by atoms with Gasteiger partial charge in [-0.25, -0.2) is 4.79 Å². The molecule has 3 aliphatic heterocycles.